The Bertz CT molecular complexity index is 750. The molecule has 5 heteroatoms. The average Bonchev–Trinajstić information content (AvgIpc) is 2.97. The smallest absolute Gasteiger partial charge is 0.339 e. The van der Waals surface area contributed by atoms with Crippen LogP contribution in [0.4, 0.5) is 0 Å². The summed E-state index contributed by atoms with van der Waals surface area (Å²) >= 11 is 0. The van der Waals surface area contributed by atoms with Crippen molar-refractivity contribution in [3.8, 4) is 5.75 Å². The highest BCUT2D eigenvalue weighted by molar-refractivity contribution is 6.00. The Morgan fingerprint density at radius 2 is 2.10 bits per heavy atom. The predicted octanol–water partition coefficient (Wildman–Crippen LogP) is 3.11. The lowest BCUT2D eigenvalue weighted by atomic mass is 10.1. The number of ether oxygens (including phenoxy) is 1. The van der Waals surface area contributed by atoms with Crippen LogP contribution >= 0.6 is 0 Å². The molecule has 0 aliphatic rings. The van der Waals surface area contributed by atoms with Crippen LogP contribution in [0.25, 0.3) is 10.8 Å². The van der Waals surface area contributed by atoms with Crippen molar-refractivity contribution >= 4 is 16.7 Å². The Morgan fingerprint density at radius 3 is 2.85 bits per heavy atom. The van der Waals surface area contributed by atoms with Gasteiger partial charge in [-0.3, -0.25) is 0 Å². The minimum absolute atomic E-state index is 0.139. The van der Waals surface area contributed by atoms with Gasteiger partial charge in [-0.25, -0.2) is 4.79 Å². The van der Waals surface area contributed by atoms with Crippen molar-refractivity contribution in [2.24, 2.45) is 0 Å². The van der Waals surface area contributed by atoms with Crippen molar-refractivity contribution in [1.29, 1.82) is 0 Å². The summed E-state index contributed by atoms with van der Waals surface area (Å²) in [5, 5.41) is 14.6. The molecule has 0 amide bonds. The Kier molecular flexibility index (Phi) is 3.09. The molecule has 100 valence electrons. The molecule has 0 unspecified atom stereocenters. The predicted molar refractivity (Wildman–Crippen MR) is 71.7 cm³/mol. The van der Waals surface area contributed by atoms with Crippen molar-refractivity contribution in [2.45, 2.75) is 6.61 Å². The summed E-state index contributed by atoms with van der Waals surface area (Å²) in [4.78, 5) is 11.3. The molecule has 20 heavy (non-hydrogen) atoms. The first kappa shape index (κ1) is 12.2. The average molecular weight is 269 g/mol. The zero-order valence-corrected chi connectivity index (χ0v) is 10.4. The van der Waals surface area contributed by atoms with Crippen LogP contribution in [-0.4, -0.2) is 16.2 Å². The zero-order valence-electron chi connectivity index (χ0n) is 10.4. The SMILES string of the molecule is O=C(O)c1ccc2ccccc2c1OCc1cnoc1. The highest BCUT2D eigenvalue weighted by atomic mass is 16.5. The van der Waals surface area contributed by atoms with E-state index in [1.54, 1.807) is 12.1 Å². The number of nitrogens with zero attached hydrogens (tertiary/aromatic N) is 1. The van der Waals surface area contributed by atoms with Gasteiger partial charge in [-0.1, -0.05) is 35.5 Å². The van der Waals surface area contributed by atoms with Crippen molar-refractivity contribution in [3.63, 3.8) is 0 Å². The topological polar surface area (TPSA) is 72.6 Å². The second kappa shape index (κ2) is 5.05. The Balaban J connectivity index is 2.05. The maximum atomic E-state index is 11.3. The molecule has 0 aliphatic carbocycles. The number of fused-ring (bicyclic) bond motifs is 1. The number of aromatic carboxylic acids is 1. The minimum atomic E-state index is -1.02. The normalized spacial score (nSPS) is 10.6. The van der Waals surface area contributed by atoms with Crippen molar-refractivity contribution < 1.29 is 19.2 Å². The summed E-state index contributed by atoms with van der Waals surface area (Å²) in [6.07, 6.45) is 3.00. The first-order chi connectivity index (χ1) is 9.75. The van der Waals surface area contributed by atoms with Gasteiger partial charge < -0.3 is 14.4 Å². The van der Waals surface area contributed by atoms with Gasteiger partial charge in [0.15, 0.2) is 0 Å². The number of hydrogen-bond acceptors (Lipinski definition) is 4. The largest absolute Gasteiger partial charge is 0.487 e. The number of hydrogen-bond donors (Lipinski definition) is 1. The summed E-state index contributed by atoms with van der Waals surface area (Å²) < 4.78 is 10.4. The third-order valence-electron chi connectivity index (χ3n) is 2.98. The lowest BCUT2D eigenvalue weighted by Gasteiger charge is -2.11. The van der Waals surface area contributed by atoms with Gasteiger partial charge in [0, 0.05) is 10.9 Å². The van der Waals surface area contributed by atoms with Crippen LogP contribution in [-0.2, 0) is 6.61 Å². The quantitative estimate of drug-likeness (QED) is 0.787. The molecular formula is C15H11NO4. The van der Waals surface area contributed by atoms with Crippen molar-refractivity contribution in [2.75, 3.05) is 0 Å². The molecule has 0 spiro atoms. The molecule has 0 bridgehead atoms. The number of benzene rings is 2. The number of aromatic nitrogens is 1. The molecule has 0 saturated carbocycles. The third-order valence-corrected chi connectivity index (χ3v) is 2.98. The molecule has 0 radical (unpaired) electrons. The fourth-order valence-corrected chi connectivity index (χ4v) is 2.02. The van der Waals surface area contributed by atoms with Crippen LogP contribution in [0, 0.1) is 0 Å². The van der Waals surface area contributed by atoms with Crippen molar-refractivity contribution in [1.82, 2.24) is 5.16 Å². The second-order valence-electron chi connectivity index (χ2n) is 4.29. The lowest BCUT2D eigenvalue weighted by Crippen LogP contribution is -2.03. The molecule has 1 aromatic heterocycles. The summed E-state index contributed by atoms with van der Waals surface area (Å²) in [5.41, 5.74) is 0.884. The summed E-state index contributed by atoms with van der Waals surface area (Å²) in [6, 6.07) is 10.8. The monoisotopic (exact) mass is 269 g/mol. The van der Waals surface area contributed by atoms with Gasteiger partial charge in [-0.15, -0.1) is 0 Å². The summed E-state index contributed by atoms with van der Waals surface area (Å²) in [7, 11) is 0. The van der Waals surface area contributed by atoms with Gasteiger partial charge in [0.25, 0.3) is 0 Å². The van der Waals surface area contributed by atoms with Gasteiger partial charge in [-0.05, 0) is 11.5 Å². The molecule has 1 heterocycles. The molecule has 0 atom stereocenters. The number of carboxylic acid groups (broad SMARTS) is 1. The highest BCUT2D eigenvalue weighted by Crippen LogP contribution is 2.30. The summed E-state index contributed by atoms with van der Waals surface area (Å²) in [5.74, 6) is -0.659. The Hall–Kier alpha value is -2.82. The van der Waals surface area contributed by atoms with E-state index in [9.17, 15) is 9.90 Å². The summed E-state index contributed by atoms with van der Waals surface area (Å²) in [6.45, 7) is 0.206. The van der Waals surface area contributed by atoms with Crippen LogP contribution in [0.1, 0.15) is 15.9 Å². The van der Waals surface area contributed by atoms with E-state index in [1.165, 1.54) is 12.5 Å². The van der Waals surface area contributed by atoms with Gasteiger partial charge in [-0.2, -0.15) is 0 Å². The third kappa shape index (κ3) is 2.21. The number of carboxylic acids is 1. The zero-order chi connectivity index (χ0) is 13.9. The molecular weight excluding hydrogens is 258 g/mol. The van der Waals surface area contributed by atoms with E-state index in [0.29, 0.717) is 5.75 Å². The highest BCUT2D eigenvalue weighted by Gasteiger charge is 2.15. The van der Waals surface area contributed by atoms with E-state index in [0.717, 1.165) is 16.3 Å². The van der Waals surface area contributed by atoms with Crippen LogP contribution < -0.4 is 4.74 Å². The van der Waals surface area contributed by atoms with E-state index in [1.807, 2.05) is 24.3 Å². The van der Waals surface area contributed by atoms with E-state index < -0.39 is 5.97 Å². The Morgan fingerprint density at radius 1 is 1.25 bits per heavy atom. The lowest BCUT2D eigenvalue weighted by molar-refractivity contribution is 0.0692. The van der Waals surface area contributed by atoms with Crippen LogP contribution in [0.3, 0.4) is 0 Å². The van der Waals surface area contributed by atoms with Gasteiger partial charge in [0.05, 0.1) is 6.20 Å². The van der Waals surface area contributed by atoms with Crippen LogP contribution in [0.15, 0.2) is 53.4 Å². The fourth-order valence-electron chi connectivity index (χ4n) is 2.02. The molecule has 0 saturated heterocycles. The van der Waals surface area contributed by atoms with Gasteiger partial charge >= 0.3 is 5.97 Å². The molecule has 2 aromatic carbocycles. The van der Waals surface area contributed by atoms with E-state index in [2.05, 4.69) is 5.16 Å². The maximum absolute atomic E-state index is 11.3. The molecule has 3 aromatic rings. The fraction of sp³-hybridized carbons (Fsp3) is 0.0667. The first-order valence-electron chi connectivity index (χ1n) is 6.02. The van der Waals surface area contributed by atoms with Crippen LogP contribution in [0.5, 0.6) is 5.75 Å². The molecule has 0 fully saturated rings. The van der Waals surface area contributed by atoms with E-state index >= 15 is 0 Å². The molecule has 3 rings (SSSR count). The number of rotatable bonds is 4. The van der Waals surface area contributed by atoms with E-state index in [4.69, 9.17) is 9.26 Å². The molecule has 5 nitrogen and oxygen atoms in total. The van der Waals surface area contributed by atoms with E-state index in [-0.39, 0.29) is 12.2 Å². The molecule has 0 aliphatic heterocycles. The number of carbonyl (C=O) groups is 1. The van der Waals surface area contributed by atoms with Crippen molar-refractivity contribution in [3.05, 3.63) is 60.0 Å². The van der Waals surface area contributed by atoms with Gasteiger partial charge in [0.2, 0.25) is 0 Å². The Labute approximate surface area is 114 Å². The minimum Gasteiger partial charge on any atom is -0.487 e. The van der Waals surface area contributed by atoms with Gasteiger partial charge in [0.1, 0.15) is 24.2 Å². The second-order valence-corrected chi connectivity index (χ2v) is 4.29. The maximum Gasteiger partial charge on any atom is 0.339 e. The van der Waals surface area contributed by atoms with Crippen LogP contribution in [0.2, 0.25) is 0 Å². The first-order valence-corrected chi connectivity index (χ1v) is 6.02. The molecule has 1 N–H and O–H groups in total. The standard InChI is InChI=1S/C15H11NO4/c17-15(18)13-6-5-11-3-1-2-4-12(11)14(13)19-8-10-7-16-20-9-10/h1-7,9H,8H2,(H,17,18).